The van der Waals surface area contributed by atoms with Gasteiger partial charge in [-0.2, -0.15) is 4.98 Å². The third kappa shape index (κ3) is 4.34. The zero-order chi connectivity index (χ0) is 21.9. The van der Waals surface area contributed by atoms with Gasteiger partial charge in [-0.25, -0.2) is 4.98 Å². The minimum Gasteiger partial charge on any atom is -0.356 e. The van der Waals surface area contributed by atoms with E-state index in [0.717, 1.165) is 67.1 Å². The molecule has 164 valence electrons. The highest BCUT2D eigenvalue weighted by molar-refractivity contribution is 5.83. The number of benzene rings is 1. The van der Waals surface area contributed by atoms with Crippen molar-refractivity contribution in [2.45, 2.75) is 32.1 Å². The highest BCUT2D eigenvalue weighted by Gasteiger charge is 2.23. The molecule has 2 aliphatic rings. The molecule has 32 heavy (non-hydrogen) atoms. The molecule has 3 aromatic rings. The van der Waals surface area contributed by atoms with E-state index in [4.69, 9.17) is 10.7 Å². The molecule has 0 bridgehead atoms. The summed E-state index contributed by atoms with van der Waals surface area (Å²) in [5.41, 5.74) is 11.3. The summed E-state index contributed by atoms with van der Waals surface area (Å²) in [7, 11) is 0. The van der Waals surface area contributed by atoms with E-state index < -0.39 is 0 Å². The summed E-state index contributed by atoms with van der Waals surface area (Å²) >= 11 is 0. The molecule has 1 fully saturated rings. The largest absolute Gasteiger partial charge is 0.356 e. The Balaban J connectivity index is 1.44. The van der Waals surface area contributed by atoms with Crippen molar-refractivity contribution in [1.29, 1.82) is 0 Å². The topological polar surface area (TPSA) is 97.0 Å². The second-order valence-corrected chi connectivity index (χ2v) is 8.66. The van der Waals surface area contributed by atoms with Crippen LogP contribution in [0.25, 0.3) is 11.1 Å². The maximum Gasteiger partial charge on any atom is 0.229 e. The fourth-order valence-electron chi connectivity index (χ4n) is 4.60. The van der Waals surface area contributed by atoms with Crippen molar-refractivity contribution >= 4 is 23.2 Å². The lowest BCUT2D eigenvalue weighted by Gasteiger charge is -2.33. The van der Waals surface area contributed by atoms with Crippen LogP contribution >= 0.6 is 0 Å². The highest BCUT2D eigenvalue weighted by Crippen LogP contribution is 2.32. The number of pyridine rings is 1. The summed E-state index contributed by atoms with van der Waals surface area (Å²) in [6, 6.07) is 10.1. The second kappa shape index (κ2) is 9.04. The number of piperidine rings is 1. The van der Waals surface area contributed by atoms with Gasteiger partial charge >= 0.3 is 0 Å². The maximum atomic E-state index is 11.7. The third-order valence-corrected chi connectivity index (χ3v) is 6.53. The first kappa shape index (κ1) is 20.6. The van der Waals surface area contributed by atoms with E-state index in [1.165, 1.54) is 5.56 Å². The molecule has 1 saturated heterocycles. The van der Waals surface area contributed by atoms with Crippen LogP contribution in [0.3, 0.4) is 0 Å². The smallest absolute Gasteiger partial charge is 0.229 e. The van der Waals surface area contributed by atoms with Crippen LogP contribution in [0.2, 0.25) is 0 Å². The van der Waals surface area contributed by atoms with Crippen LogP contribution in [0.5, 0.6) is 0 Å². The first-order valence-corrected chi connectivity index (χ1v) is 11.3. The molecule has 2 aromatic heterocycles. The molecule has 3 heterocycles. The van der Waals surface area contributed by atoms with Crippen molar-refractivity contribution in [2.75, 3.05) is 29.9 Å². The number of hydrogen-bond donors (Lipinski definition) is 2. The van der Waals surface area contributed by atoms with Crippen molar-refractivity contribution < 1.29 is 4.79 Å². The van der Waals surface area contributed by atoms with Gasteiger partial charge in [0.25, 0.3) is 0 Å². The number of carbonyl (C=O) groups is 1. The van der Waals surface area contributed by atoms with E-state index in [-0.39, 0.29) is 0 Å². The maximum absolute atomic E-state index is 11.7. The predicted molar refractivity (Wildman–Crippen MR) is 126 cm³/mol. The molecule has 1 aromatic carbocycles. The average molecular weight is 429 g/mol. The number of nitrogens with zero attached hydrogens (tertiary/aromatic N) is 4. The van der Waals surface area contributed by atoms with Crippen LogP contribution in [0, 0.1) is 5.92 Å². The average Bonchev–Trinajstić information content (AvgIpc) is 2.85. The van der Waals surface area contributed by atoms with Crippen molar-refractivity contribution in [3.63, 3.8) is 0 Å². The number of hydrogen-bond acceptors (Lipinski definition) is 7. The summed E-state index contributed by atoms with van der Waals surface area (Å²) in [6.45, 7) is 2.61. The van der Waals surface area contributed by atoms with Crippen LogP contribution in [0.1, 0.15) is 30.4 Å². The summed E-state index contributed by atoms with van der Waals surface area (Å²) in [5.74, 6) is 2.41. The van der Waals surface area contributed by atoms with Gasteiger partial charge in [-0.15, -0.1) is 0 Å². The molecule has 0 spiro atoms. The molecule has 7 heteroatoms. The number of nitrogens with one attached hydrogen (secondary N) is 1. The number of ketones is 1. The van der Waals surface area contributed by atoms with Crippen molar-refractivity contribution in [3.8, 4) is 11.1 Å². The molecule has 1 aliphatic carbocycles. The van der Waals surface area contributed by atoms with E-state index in [1.807, 2.05) is 30.5 Å². The number of nitrogens with two attached hydrogens (primary N) is 1. The minimum atomic E-state index is 0.316. The summed E-state index contributed by atoms with van der Waals surface area (Å²) in [4.78, 5) is 27.8. The lowest BCUT2D eigenvalue weighted by atomic mass is 9.90. The number of aryl methyl sites for hydroxylation is 1. The van der Waals surface area contributed by atoms with Crippen LogP contribution in [0.15, 0.2) is 48.9 Å². The van der Waals surface area contributed by atoms with Crippen molar-refractivity contribution in [1.82, 2.24) is 15.0 Å². The molecule has 0 radical (unpaired) electrons. The number of Topliss-reactive ketones (excluding diaryl/α,β-unsaturated/α-hetero) is 1. The Morgan fingerprint density at radius 1 is 1.06 bits per heavy atom. The fraction of sp³-hybridized carbons (Fsp3) is 0.360. The Labute approximate surface area is 188 Å². The molecule has 5 rings (SSSR count). The number of fused-ring (bicyclic) bond motifs is 1. The van der Waals surface area contributed by atoms with Gasteiger partial charge in [0.15, 0.2) is 0 Å². The Morgan fingerprint density at radius 2 is 1.88 bits per heavy atom. The van der Waals surface area contributed by atoms with E-state index in [0.29, 0.717) is 30.5 Å². The minimum absolute atomic E-state index is 0.316. The van der Waals surface area contributed by atoms with E-state index in [9.17, 15) is 4.79 Å². The van der Waals surface area contributed by atoms with Crippen LogP contribution in [-0.2, 0) is 17.6 Å². The third-order valence-electron chi connectivity index (χ3n) is 6.53. The van der Waals surface area contributed by atoms with Gasteiger partial charge in [-0.05, 0) is 72.7 Å². The van der Waals surface area contributed by atoms with E-state index in [2.05, 4.69) is 26.3 Å². The van der Waals surface area contributed by atoms with Gasteiger partial charge in [0.1, 0.15) is 11.6 Å². The summed E-state index contributed by atoms with van der Waals surface area (Å²) in [5, 5.41) is 3.38. The highest BCUT2D eigenvalue weighted by atomic mass is 16.1. The summed E-state index contributed by atoms with van der Waals surface area (Å²) < 4.78 is 0. The number of rotatable bonds is 5. The SMILES string of the molecule is NCC1CCN(c2nc(Nc3ccc4c(c3)CCC(=O)C4)ncc2-c2ccncc2)CC1. The van der Waals surface area contributed by atoms with Crippen LogP contribution in [0.4, 0.5) is 17.5 Å². The van der Waals surface area contributed by atoms with Crippen molar-refractivity contribution in [2.24, 2.45) is 11.7 Å². The standard InChI is InChI=1S/C25H28N6O/c26-15-17-7-11-31(12-8-17)24-23(18-5-9-27-10-6-18)16-28-25(30-24)29-21-3-1-20-14-22(32)4-2-19(20)13-21/h1,3,5-6,9-10,13,16-17H,2,4,7-8,11-12,14-15,26H2,(H,28,29,30). The van der Waals surface area contributed by atoms with E-state index in [1.54, 1.807) is 12.4 Å². The lowest BCUT2D eigenvalue weighted by Crippen LogP contribution is -2.37. The number of aromatic nitrogens is 3. The summed E-state index contributed by atoms with van der Waals surface area (Å²) in [6.07, 6.45) is 9.59. The van der Waals surface area contributed by atoms with Gasteiger partial charge in [0.05, 0.1) is 0 Å². The molecular weight excluding hydrogens is 400 g/mol. The normalized spacial score (nSPS) is 16.7. The van der Waals surface area contributed by atoms with Gasteiger partial charge in [-0.1, -0.05) is 6.07 Å². The number of carbonyl (C=O) groups excluding carboxylic acids is 1. The Bertz CT molecular complexity index is 1110. The zero-order valence-corrected chi connectivity index (χ0v) is 18.1. The van der Waals surface area contributed by atoms with Crippen LogP contribution < -0.4 is 16.0 Å². The van der Waals surface area contributed by atoms with Crippen molar-refractivity contribution in [3.05, 3.63) is 60.0 Å². The van der Waals surface area contributed by atoms with Gasteiger partial charge in [0.2, 0.25) is 5.95 Å². The molecular formula is C25H28N6O. The molecule has 3 N–H and O–H groups in total. The molecule has 0 atom stereocenters. The Hall–Kier alpha value is -3.32. The molecule has 0 amide bonds. The van der Waals surface area contributed by atoms with Crippen LogP contribution in [-0.4, -0.2) is 40.4 Å². The molecule has 7 nitrogen and oxygen atoms in total. The Kier molecular flexibility index (Phi) is 5.81. The predicted octanol–water partition coefficient (Wildman–Crippen LogP) is 3.52. The first-order chi connectivity index (χ1) is 15.7. The fourth-order valence-corrected chi connectivity index (χ4v) is 4.60. The lowest BCUT2D eigenvalue weighted by molar-refractivity contribution is -0.118. The molecule has 0 unspecified atom stereocenters. The first-order valence-electron chi connectivity index (χ1n) is 11.3. The second-order valence-electron chi connectivity index (χ2n) is 8.66. The molecule has 0 saturated carbocycles. The van der Waals surface area contributed by atoms with Gasteiger partial charge < -0.3 is 16.0 Å². The zero-order valence-electron chi connectivity index (χ0n) is 18.1. The molecule has 1 aliphatic heterocycles. The Morgan fingerprint density at radius 3 is 2.66 bits per heavy atom. The quantitative estimate of drug-likeness (QED) is 0.642. The van der Waals surface area contributed by atoms with Gasteiger partial charge in [0, 0.05) is 55.8 Å². The number of anilines is 3. The monoisotopic (exact) mass is 428 g/mol. The van der Waals surface area contributed by atoms with Gasteiger partial charge in [-0.3, -0.25) is 9.78 Å². The van der Waals surface area contributed by atoms with E-state index >= 15 is 0 Å².